The third-order valence-corrected chi connectivity index (χ3v) is 7.86. The number of benzene rings is 1. The monoisotopic (exact) mass is 416 g/mol. The lowest BCUT2D eigenvalue weighted by molar-refractivity contribution is -0.132. The normalized spacial score (nSPS) is 22.1. The lowest BCUT2D eigenvalue weighted by Crippen LogP contribution is -2.51. The Morgan fingerprint density at radius 2 is 1.93 bits per heavy atom. The number of fused-ring (bicyclic) bond motifs is 1. The summed E-state index contributed by atoms with van der Waals surface area (Å²) in [6.45, 7) is 5.66. The molecule has 0 aliphatic carbocycles. The first-order chi connectivity index (χ1) is 13.8. The molecule has 29 heavy (non-hydrogen) atoms. The zero-order valence-corrected chi connectivity index (χ0v) is 17.9. The molecule has 2 aliphatic heterocycles. The van der Waals surface area contributed by atoms with Gasteiger partial charge in [-0.15, -0.1) is 0 Å². The number of hydrogen-bond acceptors (Lipinski definition) is 6. The molecule has 1 aromatic heterocycles. The molecule has 2 saturated heterocycles. The average molecular weight is 417 g/mol. The van der Waals surface area contributed by atoms with Crippen LogP contribution < -0.4 is 4.90 Å². The van der Waals surface area contributed by atoms with E-state index in [2.05, 4.69) is 28.9 Å². The summed E-state index contributed by atoms with van der Waals surface area (Å²) in [6.07, 6.45) is 0.547. The summed E-state index contributed by atoms with van der Waals surface area (Å²) in [5.41, 5.74) is 2.23. The maximum absolute atomic E-state index is 12.6. The minimum Gasteiger partial charge on any atom is -0.354 e. The van der Waals surface area contributed by atoms with Gasteiger partial charge in [0, 0.05) is 44.7 Å². The molecular weight excluding hydrogens is 388 g/mol. The second kappa shape index (κ2) is 7.91. The van der Waals surface area contributed by atoms with Crippen molar-refractivity contribution in [2.45, 2.75) is 19.4 Å². The molecule has 0 bridgehead atoms. The summed E-state index contributed by atoms with van der Waals surface area (Å²) >= 11 is 0. The summed E-state index contributed by atoms with van der Waals surface area (Å²) in [6, 6.07) is 10.1. The van der Waals surface area contributed by atoms with Gasteiger partial charge in [0.1, 0.15) is 5.82 Å². The SMILES string of the molecule is Cc1cc(N2CCN(CC(=O)N(C)[C@@H]3CCS(=O)(=O)C3)CC2)nc2ccccc12. The van der Waals surface area contributed by atoms with Crippen LogP contribution in [-0.4, -0.2) is 86.4 Å². The van der Waals surface area contributed by atoms with Crippen LogP contribution in [0.1, 0.15) is 12.0 Å². The van der Waals surface area contributed by atoms with Gasteiger partial charge >= 0.3 is 0 Å². The van der Waals surface area contributed by atoms with Gasteiger partial charge in [-0.25, -0.2) is 13.4 Å². The minimum absolute atomic E-state index is 0.000208. The number of anilines is 1. The van der Waals surface area contributed by atoms with Gasteiger partial charge < -0.3 is 9.80 Å². The number of nitrogens with zero attached hydrogens (tertiary/aromatic N) is 4. The Hall–Kier alpha value is -2.19. The van der Waals surface area contributed by atoms with Crippen molar-refractivity contribution < 1.29 is 13.2 Å². The summed E-state index contributed by atoms with van der Waals surface area (Å²) in [5, 5.41) is 1.18. The Bertz CT molecular complexity index is 1020. The molecule has 2 fully saturated rings. The van der Waals surface area contributed by atoms with E-state index in [1.165, 1.54) is 10.9 Å². The predicted molar refractivity (Wildman–Crippen MR) is 115 cm³/mol. The fourth-order valence-electron chi connectivity index (χ4n) is 4.22. The van der Waals surface area contributed by atoms with Gasteiger partial charge in [-0.1, -0.05) is 18.2 Å². The summed E-state index contributed by atoms with van der Waals surface area (Å²) in [5.74, 6) is 1.27. The first-order valence-electron chi connectivity index (χ1n) is 10.1. The standard InChI is InChI=1S/C21H28N4O3S/c1-16-13-20(22-19-6-4-3-5-18(16)19)25-10-8-24(9-11-25)14-21(26)23(2)17-7-12-29(27,28)15-17/h3-6,13,17H,7-12,14-15H2,1-2H3/t17-/m1/s1. The van der Waals surface area contributed by atoms with Crippen molar-refractivity contribution >= 4 is 32.5 Å². The van der Waals surface area contributed by atoms with Crippen LogP contribution in [0.25, 0.3) is 10.9 Å². The zero-order chi connectivity index (χ0) is 20.6. The van der Waals surface area contributed by atoms with E-state index in [-0.39, 0.29) is 23.5 Å². The summed E-state index contributed by atoms with van der Waals surface area (Å²) in [7, 11) is -1.26. The third kappa shape index (κ3) is 4.38. The molecule has 0 unspecified atom stereocenters. The molecule has 0 N–H and O–H groups in total. The lowest BCUT2D eigenvalue weighted by atomic mass is 10.1. The van der Waals surface area contributed by atoms with E-state index < -0.39 is 9.84 Å². The third-order valence-electron chi connectivity index (χ3n) is 6.11. The van der Waals surface area contributed by atoms with Crippen molar-refractivity contribution in [3.63, 3.8) is 0 Å². The average Bonchev–Trinajstić information content (AvgIpc) is 3.07. The maximum atomic E-state index is 12.6. The largest absolute Gasteiger partial charge is 0.354 e. The van der Waals surface area contributed by atoms with Crippen molar-refractivity contribution in [1.29, 1.82) is 0 Å². The van der Waals surface area contributed by atoms with Gasteiger partial charge in [-0.2, -0.15) is 0 Å². The zero-order valence-electron chi connectivity index (χ0n) is 17.0. The first kappa shape index (κ1) is 20.1. The number of aryl methyl sites for hydroxylation is 1. The molecule has 2 aliphatic rings. The smallest absolute Gasteiger partial charge is 0.236 e. The molecule has 1 atom stereocenters. The van der Waals surface area contributed by atoms with Crippen LogP contribution in [0, 0.1) is 6.92 Å². The van der Waals surface area contributed by atoms with E-state index >= 15 is 0 Å². The second-order valence-electron chi connectivity index (χ2n) is 8.14. The van der Waals surface area contributed by atoms with E-state index in [1.54, 1.807) is 11.9 Å². The Labute approximate surface area is 172 Å². The molecular formula is C21H28N4O3S. The number of rotatable bonds is 4. The van der Waals surface area contributed by atoms with Crippen LogP contribution in [-0.2, 0) is 14.6 Å². The number of para-hydroxylation sites is 1. The molecule has 0 radical (unpaired) electrons. The Morgan fingerprint density at radius 1 is 1.21 bits per heavy atom. The fraction of sp³-hybridized carbons (Fsp3) is 0.524. The van der Waals surface area contributed by atoms with Crippen molar-refractivity contribution in [2.75, 3.05) is 56.2 Å². The highest BCUT2D eigenvalue weighted by molar-refractivity contribution is 7.91. The van der Waals surface area contributed by atoms with E-state index in [1.807, 2.05) is 18.2 Å². The predicted octanol–water partition coefficient (Wildman–Crippen LogP) is 1.31. The number of amides is 1. The van der Waals surface area contributed by atoms with Crippen molar-refractivity contribution in [2.24, 2.45) is 0 Å². The van der Waals surface area contributed by atoms with Gasteiger partial charge in [0.25, 0.3) is 0 Å². The van der Waals surface area contributed by atoms with Gasteiger partial charge in [0.05, 0.1) is 23.6 Å². The van der Waals surface area contributed by atoms with Crippen LogP contribution in [0.3, 0.4) is 0 Å². The molecule has 1 amide bonds. The number of piperazine rings is 1. The Morgan fingerprint density at radius 3 is 2.62 bits per heavy atom. The Balaban J connectivity index is 1.34. The van der Waals surface area contributed by atoms with Crippen LogP contribution >= 0.6 is 0 Å². The highest BCUT2D eigenvalue weighted by Crippen LogP contribution is 2.23. The summed E-state index contributed by atoms with van der Waals surface area (Å²) < 4.78 is 23.3. The van der Waals surface area contributed by atoms with Crippen molar-refractivity contribution in [3.8, 4) is 0 Å². The molecule has 4 rings (SSSR count). The molecule has 0 saturated carbocycles. The second-order valence-corrected chi connectivity index (χ2v) is 10.4. The molecule has 7 nitrogen and oxygen atoms in total. The lowest BCUT2D eigenvalue weighted by Gasteiger charge is -2.36. The summed E-state index contributed by atoms with van der Waals surface area (Å²) in [4.78, 5) is 23.5. The molecule has 156 valence electrons. The van der Waals surface area contributed by atoms with E-state index in [9.17, 15) is 13.2 Å². The number of sulfone groups is 1. The van der Waals surface area contributed by atoms with E-state index in [0.717, 1.165) is 37.5 Å². The van der Waals surface area contributed by atoms with Gasteiger partial charge in [0.2, 0.25) is 5.91 Å². The fourth-order valence-corrected chi connectivity index (χ4v) is 5.99. The van der Waals surface area contributed by atoms with Crippen molar-refractivity contribution in [1.82, 2.24) is 14.8 Å². The number of aromatic nitrogens is 1. The van der Waals surface area contributed by atoms with Crippen molar-refractivity contribution in [3.05, 3.63) is 35.9 Å². The topological polar surface area (TPSA) is 73.8 Å². The van der Waals surface area contributed by atoms with Gasteiger partial charge in [-0.05, 0) is 31.0 Å². The number of carbonyl (C=O) groups excluding carboxylic acids is 1. The number of carbonyl (C=O) groups is 1. The number of hydrogen-bond donors (Lipinski definition) is 0. The van der Waals surface area contributed by atoms with Crippen LogP contribution in [0.5, 0.6) is 0 Å². The number of likely N-dealkylation sites (N-methyl/N-ethyl adjacent to an activating group) is 1. The highest BCUT2D eigenvalue weighted by Gasteiger charge is 2.33. The maximum Gasteiger partial charge on any atom is 0.236 e. The Kier molecular flexibility index (Phi) is 5.48. The molecule has 0 spiro atoms. The first-order valence-corrected chi connectivity index (χ1v) is 11.9. The quantitative estimate of drug-likeness (QED) is 0.748. The minimum atomic E-state index is -2.99. The van der Waals surface area contributed by atoms with Gasteiger partial charge in [-0.3, -0.25) is 9.69 Å². The molecule has 3 heterocycles. The highest BCUT2D eigenvalue weighted by atomic mass is 32.2. The van der Waals surface area contributed by atoms with Crippen LogP contribution in [0.15, 0.2) is 30.3 Å². The van der Waals surface area contributed by atoms with Crippen LogP contribution in [0.2, 0.25) is 0 Å². The molecule has 8 heteroatoms. The van der Waals surface area contributed by atoms with E-state index in [4.69, 9.17) is 4.98 Å². The van der Waals surface area contributed by atoms with Crippen LogP contribution in [0.4, 0.5) is 5.82 Å². The molecule has 1 aromatic carbocycles. The molecule has 2 aromatic rings. The van der Waals surface area contributed by atoms with Gasteiger partial charge in [0.15, 0.2) is 9.84 Å². The number of pyridine rings is 1. The van der Waals surface area contributed by atoms with E-state index in [0.29, 0.717) is 13.0 Å².